The van der Waals surface area contributed by atoms with Gasteiger partial charge in [0.25, 0.3) is 0 Å². The van der Waals surface area contributed by atoms with Crippen LogP contribution in [-0.4, -0.2) is 48.1 Å². The lowest BCUT2D eigenvalue weighted by molar-refractivity contribution is -0.124. The third kappa shape index (κ3) is 4.21. The topological polar surface area (TPSA) is 54.5 Å². The summed E-state index contributed by atoms with van der Waals surface area (Å²) in [4.78, 5) is 19.0. The van der Waals surface area contributed by atoms with Crippen molar-refractivity contribution in [2.24, 2.45) is 17.8 Å². The number of ether oxygens (including phenoxy) is 1. The van der Waals surface area contributed by atoms with E-state index < -0.39 is 0 Å². The zero-order chi connectivity index (χ0) is 17.1. The molecule has 5 nitrogen and oxygen atoms in total. The van der Waals surface area contributed by atoms with E-state index in [4.69, 9.17) is 4.74 Å². The lowest BCUT2D eigenvalue weighted by Crippen LogP contribution is -2.44. The maximum atomic E-state index is 12.3. The van der Waals surface area contributed by atoms with E-state index in [9.17, 15) is 4.79 Å². The molecule has 136 valence electrons. The highest BCUT2D eigenvalue weighted by atomic mass is 16.5. The minimum absolute atomic E-state index is 0.0893. The Morgan fingerprint density at radius 2 is 2.28 bits per heavy atom. The number of fused-ring (bicyclic) bond motifs is 1. The molecule has 3 fully saturated rings. The van der Waals surface area contributed by atoms with Gasteiger partial charge in [0.2, 0.25) is 5.91 Å². The summed E-state index contributed by atoms with van der Waals surface area (Å²) in [6.45, 7) is 4.98. The number of amides is 1. The molecule has 5 heteroatoms. The summed E-state index contributed by atoms with van der Waals surface area (Å²) >= 11 is 0. The molecular formula is C20H29N3O2. The molecule has 1 aliphatic carbocycles. The quantitative estimate of drug-likeness (QED) is 0.861. The van der Waals surface area contributed by atoms with Crippen LogP contribution in [0.15, 0.2) is 24.5 Å². The van der Waals surface area contributed by atoms with Gasteiger partial charge >= 0.3 is 0 Å². The predicted molar refractivity (Wildman–Crippen MR) is 95.8 cm³/mol. The largest absolute Gasteiger partial charge is 0.377 e. The maximum Gasteiger partial charge on any atom is 0.222 e. The van der Waals surface area contributed by atoms with Crippen molar-refractivity contribution in [1.29, 1.82) is 0 Å². The third-order valence-corrected chi connectivity index (χ3v) is 6.22. The van der Waals surface area contributed by atoms with Gasteiger partial charge < -0.3 is 15.0 Å². The molecule has 0 bridgehead atoms. The first kappa shape index (κ1) is 17.0. The van der Waals surface area contributed by atoms with Crippen LogP contribution in [0.5, 0.6) is 0 Å². The highest BCUT2D eigenvalue weighted by Gasteiger charge is 2.41. The summed E-state index contributed by atoms with van der Waals surface area (Å²) in [6.07, 6.45) is 9.56. The number of aromatic nitrogens is 1. The Labute approximate surface area is 150 Å². The summed E-state index contributed by atoms with van der Waals surface area (Å²) in [6, 6.07) is 3.87. The molecule has 3 heterocycles. The van der Waals surface area contributed by atoms with Crippen LogP contribution in [0.25, 0.3) is 0 Å². The van der Waals surface area contributed by atoms with Gasteiger partial charge in [-0.2, -0.15) is 0 Å². The molecule has 1 amide bonds. The molecule has 3 aliphatic rings. The first-order valence-corrected chi connectivity index (χ1v) is 9.77. The molecule has 25 heavy (non-hydrogen) atoms. The van der Waals surface area contributed by atoms with Crippen LogP contribution in [0.2, 0.25) is 0 Å². The number of nitrogens with zero attached hydrogens (tertiary/aromatic N) is 2. The molecule has 2 saturated heterocycles. The van der Waals surface area contributed by atoms with E-state index in [1.54, 1.807) is 12.4 Å². The first-order chi connectivity index (χ1) is 12.3. The van der Waals surface area contributed by atoms with Crippen molar-refractivity contribution in [2.45, 2.75) is 44.8 Å². The van der Waals surface area contributed by atoms with Crippen molar-refractivity contribution in [3.63, 3.8) is 0 Å². The van der Waals surface area contributed by atoms with Crippen molar-refractivity contribution >= 4 is 5.91 Å². The van der Waals surface area contributed by atoms with Gasteiger partial charge in [0.1, 0.15) is 0 Å². The fraction of sp³-hybridized carbons (Fsp3) is 0.700. The second-order valence-corrected chi connectivity index (χ2v) is 7.98. The number of pyridine rings is 1. The number of hydrogen-bond acceptors (Lipinski definition) is 4. The predicted octanol–water partition coefficient (Wildman–Crippen LogP) is 2.22. The smallest absolute Gasteiger partial charge is 0.222 e. The van der Waals surface area contributed by atoms with Gasteiger partial charge in [-0.1, -0.05) is 12.5 Å². The van der Waals surface area contributed by atoms with Crippen molar-refractivity contribution in [3.8, 4) is 0 Å². The Kier molecular flexibility index (Phi) is 5.32. The van der Waals surface area contributed by atoms with Gasteiger partial charge in [-0.3, -0.25) is 9.78 Å². The van der Waals surface area contributed by atoms with Gasteiger partial charge in [0, 0.05) is 37.9 Å². The van der Waals surface area contributed by atoms with Gasteiger partial charge in [-0.25, -0.2) is 0 Å². The number of likely N-dealkylation sites (tertiary alicyclic amines) is 1. The number of nitrogens with one attached hydrogen (secondary N) is 1. The molecule has 1 aromatic heterocycles. The van der Waals surface area contributed by atoms with Crippen LogP contribution >= 0.6 is 0 Å². The number of piperidine rings is 1. The van der Waals surface area contributed by atoms with Gasteiger partial charge in [0.15, 0.2) is 0 Å². The average Bonchev–Trinajstić information content (AvgIpc) is 2.99. The fourth-order valence-electron chi connectivity index (χ4n) is 4.54. The number of hydrogen-bond donors (Lipinski definition) is 1. The van der Waals surface area contributed by atoms with E-state index >= 15 is 0 Å². The Balaban J connectivity index is 1.22. The first-order valence-electron chi connectivity index (χ1n) is 9.77. The number of rotatable bonds is 6. The molecule has 4 rings (SSSR count). The molecule has 0 aromatic carbocycles. The standard InChI is InChI=1S/C20H29N3O2/c24-20(22-11-16-5-2-7-21-10-16)9-19-18-6-8-23(12-15-3-1-4-15)13-17(18)14-25-19/h2,5,7,10,15,17-19H,1,3-4,6,8-9,11-14H2,(H,22,24)/t17-,18-,19-/m1/s1. The monoisotopic (exact) mass is 343 g/mol. The zero-order valence-corrected chi connectivity index (χ0v) is 14.9. The minimum Gasteiger partial charge on any atom is -0.377 e. The zero-order valence-electron chi connectivity index (χ0n) is 14.9. The second kappa shape index (κ2) is 7.83. The Bertz CT molecular complexity index is 576. The highest BCUT2D eigenvalue weighted by molar-refractivity contribution is 5.76. The minimum atomic E-state index is 0.0893. The molecule has 3 atom stereocenters. The van der Waals surface area contributed by atoms with E-state index in [0.717, 1.165) is 24.6 Å². The normalized spacial score (nSPS) is 29.8. The average molecular weight is 343 g/mol. The van der Waals surface area contributed by atoms with Crippen molar-refractivity contribution in [2.75, 3.05) is 26.2 Å². The van der Waals surface area contributed by atoms with Gasteiger partial charge in [-0.15, -0.1) is 0 Å². The van der Waals surface area contributed by atoms with Gasteiger partial charge in [0.05, 0.1) is 19.1 Å². The van der Waals surface area contributed by atoms with E-state index in [1.165, 1.54) is 38.8 Å². The summed E-state index contributed by atoms with van der Waals surface area (Å²) < 4.78 is 6.02. The summed E-state index contributed by atoms with van der Waals surface area (Å²) in [5, 5.41) is 3.00. The van der Waals surface area contributed by atoms with Crippen LogP contribution < -0.4 is 5.32 Å². The van der Waals surface area contributed by atoms with E-state index in [0.29, 0.717) is 24.8 Å². The fourth-order valence-corrected chi connectivity index (χ4v) is 4.54. The van der Waals surface area contributed by atoms with Crippen molar-refractivity contribution in [3.05, 3.63) is 30.1 Å². The maximum absolute atomic E-state index is 12.3. The van der Waals surface area contributed by atoms with Crippen LogP contribution in [-0.2, 0) is 16.1 Å². The lowest BCUT2D eigenvalue weighted by Gasteiger charge is -2.39. The molecular weight excluding hydrogens is 314 g/mol. The Morgan fingerprint density at radius 1 is 1.36 bits per heavy atom. The molecule has 1 aromatic rings. The molecule has 1 N–H and O–H groups in total. The Morgan fingerprint density at radius 3 is 3.04 bits per heavy atom. The summed E-state index contributed by atoms with van der Waals surface area (Å²) in [5.41, 5.74) is 1.03. The molecule has 0 unspecified atom stereocenters. The second-order valence-electron chi connectivity index (χ2n) is 7.98. The third-order valence-electron chi connectivity index (χ3n) is 6.22. The molecule has 0 spiro atoms. The van der Waals surface area contributed by atoms with Crippen molar-refractivity contribution in [1.82, 2.24) is 15.2 Å². The molecule has 2 aliphatic heterocycles. The van der Waals surface area contributed by atoms with Crippen molar-refractivity contribution < 1.29 is 9.53 Å². The molecule has 0 radical (unpaired) electrons. The van der Waals surface area contributed by atoms with E-state index in [-0.39, 0.29) is 12.0 Å². The van der Waals surface area contributed by atoms with Crippen LogP contribution in [0.1, 0.15) is 37.7 Å². The number of carbonyl (C=O) groups excluding carboxylic acids is 1. The highest BCUT2D eigenvalue weighted by Crippen LogP contribution is 2.37. The van der Waals surface area contributed by atoms with Crippen LogP contribution in [0.4, 0.5) is 0 Å². The van der Waals surface area contributed by atoms with E-state index in [1.807, 2.05) is 12.1 Å². The summed E-state index contributed by atoms with van der Waals surface area (Å²) in [7, 11) is 0. The SMILES string of the molecule is O=C(C[C@H]1OC[C@H]2CN(CC3CCC3)CC[C@H]21)NCc1cccnc1. The molecule has 1 saturated carbocycles. The summed E-state index contributed by atoms with van der Waals surface area (Å²) in [5.74, 6) is 2.20. The Hall–Kier alpha value is -1.46. The number of carbonyl (C=O) groups is 1. The van der Waals surface area contributed by atoms with Gasteiger partial charge in [-0.05, 0) is 49.3 Å². The van der Waals surface area contributed by atoms with Crippen LogP contribution in [0, 0.1) is 17.8 Å². The van der Waals surface area contributed by atoms with E-state index in [2.05, 4.69) is 15.2 Å². The van der Waals surface area contributed by atoms with Crippen LogP contribution in [0.3, 0.4) is 0 Å². The lowest BCUT2D eigenvalue weighted by atomic mass is 9.81.